The van der Waals surface area contributed by atoms with Crippen LogP contribution in [0.2, 0.25) is 0 Å². The molecule has 2 rings (SSSR count). The lowest BCUT2D eigenvalue weighted by molar-refractivity contribution is -0.122. The van der Waals surface area contributed by atoms with Crippen molar-refractivity contribution in [2.75, 3.05) is 6.54 Å². The number of rotatable bonds is 6. The number of nitrogens with zero attached hydrogens (tertiary/aromatic N) is 2. The van der Waals surface area contributed by atoms with Crippen LogP contribution in [-0.4, -0.2) is 27.8 Å². The van der Waals surface area contributed by atoms with Gasteiger partial charge < -0.3 is 11.1 Å². The second kappa shape index (κ2) is 6.70. The first-order chi connectivity index (χ1) is 9.18. The van der Waals surface area contributed by atoms with Crippen LogP contribution in [0.4, 0.5) is 0 Å². The van der Waals surface area contributed by atoms with Gasteiger partial charge in [-0.15, -0.1) is 0 Å². The van der Waals surface area contributed by atoms with E-state index >= 15 is 0 Å². The van der Waals surface area contributed by atoms with Crippen LogP contribution in [0.5, 0.6) is 0 Å². The standard InChI is InChI=1S/C14H24N4O/c15-14(6-2-1-3-7-14)12-13(19)16-8-4-10-18-11-5-9-17-18/h5,9,11H,1-4,6-8,10,12,15H2,(H,16,19). The monoisotopic (exact) mass is 264 g/mol. The number of hydrogen-bond acceptors (Lipinski definition) is 3. The van der Waals surface area contributed by atoms with Crippen LogP contribution in [0, 0.1) is 0 Å². The summed E-state index contributed by atoms with van der Waals surface area (Å²) in [6.45, 7) is 1.52. The Kier molecular flexibility index (Phi) is 4.96. The quantitative estimate of drug-likeness (QED) is 0.764. The Morgan fingerprint density at radius 1 is 1.37 bits per heavy atom. The van der Waals surface area contributed by atoms with Gasteiger partial charge in [0, 0.05) is 37.4 Å². The van der Waals surface area contributed by atoms with Gasteiger partial charge in [0.05, 0.1) is 0 Å². The predicted molar refractivity (Wildman–Crippen MR) is 74.5 cm³/mol. The Morgan fingerprint density at radius 2 is 2.16 bits per heavy atom. The van der Waals surface area contributed by atoms with E-state index in [4.69, 9.17) is 5.73 Å². The van der Waals surface area contributed by atoms with Crippen molar-refractivity contribution in [2.45, 2.75) is 57.0 Å². The highest BCUT2D eigenvalue weighted by molar-refractivity contribution is 5.77. The maximum Gasteiger partial charge on any atom is 0.221 e. The minimum Gasteiger partial charge on any atom is -0.356 e. The van der Waals surface area contributed by atoms with Gasteiger partial charge in [-0.3, -0.25) is 9.48 Å². The summed E-state index contributed by atoms with van der Waals surface area (Å²) in [5.41, 5.74) is 6.01. The molecule has 1 aliphatic carbocycles. The Hall–Kier alpha value is -1.36. The van der Waals surface area contributed by atoms with Crippen LogP contribution >= 0.6 is 0 Å². The van der Waals surface area contributed by atoms with Crippen molar-refractivity contribution in [1.29, 1.82) is 0 Å². The highest BCUT2D eigenvalue weighted by Crippen LogP contribution is 2.28. The summed E-state index contributed by atoms with van der Waals surface area (Å²) in [5, 5.41) is 7.08. The zero-order valence-electron chi connectivity index (χ0n) is 11.5. The SMILES string of the molecule is NC1(CC(=O)NCCCn2cccn2)CCCCC1. The van der Waals surface area contributed by atoms with Gasteiger partial charge in [-0.25, -0.2) is 0 Å². The molecule has 1 aromatic heterocycles. The van der Waals surface area contributed by atoms with Crippen LogP contribution in [-0.2, 0) is 11.3 Å². The summed E-state index contributed by atoms with van der Waals surface area (Å²) < 4.78 is 1.87. The van der Waals surface area contributed by atoms with E-state index in [1.54, 1.807) is 6.20 Å². The first-order valence-corrected chi connectivity index (χ1v) is 7.21. The van der Waals surface area contributed by atoms with E-state index in [1.165, 1.54) is 6.42 Å². The Balaban J connectivity index is 1.61. The first-order valence-electron chi connectivity index (χ1n) is 7.21. The van der Waals surface area contributed by atoms with Crippen LogP contribution < -0.4 is 11.1 Å². The first kappa shape index (κ1) is 14.1. The van der Waals surface area contributed by atoms with Gasteiger partial charge in [-0.1, -0.05) is 19.3 Å². The van der Waals surface area contributed by atoms with Crippen LogP contribution in [0.25, 0.3) is 0 Å². The maximum absolute atomic E-state index is 11.9. The average molecular weight is 264 g/mol. The molecule has 0 unspecified atom stereocenters. The highest BCUT2D eigenvalue weighted by atomic mass is 16.1. The molecule has 19 heavy (non-hydrogen) atoms. The molecule has 0 aromatic carbocycles. The summed E-state index contributed by atoms with van der Waals surface area (Å²) in [6.07, 6.45) is 10.6. The molecule has 106 valence electrons. The molecule has 3 N–H and O–H groups in total. The fraction of sp³-hybridized carbons (Fsp3) is 0.714. The van der Waals surface area contributed by atoms with E-state index in [9.17, 15) is 4.79 Å². The molecule has 1 aromatic rings. The summed E-state index contributed by atoms with van der Waals surface area (Å²) in [5.74, 6) is 0.0878. The molecule has 0 saturated heterocycles. The van der Waals surface area contributed by atoms with Gasteiger partial charge in [0.15, 0.2) is 0 Å². The molecule has 1 heterocycles. The fourth-order valence-electron chi connectivity index (χ4n) is 2.72. The maximum atomic E-state index is 11.9. The molecular formula is C14H24N4O. The van der Waals surface area contributed by atoms with Crippen LogP contribution in [0.1, 0.15) is 44.9 Å². The molecule has 5 heteroatoms. The molecule has 0 atom stereocenters. The van der Waals surface area contributed by atoms with Gasteiger partial charge in [-0.2, -0.15) is 5.10 Å². The highest BCUT2D eigenvalue weighted by Gasteiger charge is 2.29. The lowest BCUT2D eigenvalue weighted by Crippen LogP contribution is -2.46. The van der Waals surface area contributed by atoms with Crippen molar-refractivity contribution in [3.05, 3.63) is 18.5 Å². The number of amides is 1. The van der Waals surface area contributed by atoms with Gasteiger partial charge >= 0.3 is 0 Å². The molecule has 0 radical (unpaired) electrons. The summed E-state index contributed by atoms with van der Waals surface area (Å²) in [4.78, 5) is 11.9. The number of nitrogens with two attached hydrogens (primary N) is 1. The summed E-state index contributed by atoms with van der Waals surface area (Å²) >= 11 is 0. The smallest absolute Gasteiger partial charge is 0.221 e. The molecule has 1 fully saturated rings. The molecule has 0 bridgehead atoms. The lowest BCUT2D eigenvalue weighted by atomic mass is 9.80. The van der Waals surface area contributed by atoms with Crippen molar-refractivity contribution >= 4 is 5.91 Å². The van der Waals surface area contributed by atoms with Gasteiger partial charge in [0.2, 0.25) is 5.91 Å². The second-order valence-electron chi connectivity index (χ2n) is 5.57. The molecule has 1 saturated carbocycles. The third-order valence-corrected chi connectivity index (χ3v) is 3.81. The van der Waals surface area contributed by atoms with Crippen LogP contribution in [0.15, 0.2) is 18.5 Å². The van der Waals surface area contributed by atoms with E-state index < -0.39 is 0 Å². The van der Waals surface area contributed by atoms with E-state index in [0.717, 1.165) is 38.6 Å². The second-order valence-corrected chi connectivity index (χ2v) is 5.57. The largest absolute Gasteiger partial charge is 0.356 e. The minimum absolute atomic E-state index is 0.0878. The van der Waals surface area contributed by atoms with Gasteiger partial charge in [0.1, 0.15) is 0 Å². The average Bonchev–Trinajstić information content (AvgIpc) is 2.88. The molecular weight excluding hydrogens is 240 g/mol. The molecule has 1 aliphatic rings. The number of carbonyl (C=O) groups excluding carboxylic acids is 1. The van der Waals surface area contributed by atoms with E-state index in [-0.39, 0.29) is 11.4 Å². The minimum atomic E-state index is -0.260. The van der Waals surface area contributed by atoms with Crippen molar-refractivity contribution in [1.82, 2.24) is 15.1 Å². The van der Waals surface area contributed by atoms with E-state index in [0.29, 0.717) is 13.0 Å². The summed E-state index contributed by atoms with van der Waals surface area (Å²) in [7, 11) is 0. The number of nitrogens with one attached hydrogen (secondary N) is 1. The Bertz CT molecular complexity index is 382. The third-order valence-electron chi connectivity index (χ3n) is 3.81. The number of hydrogen-bond donors (Lipinski definition) is 2. The van der Waals surface area contributed by atoms with E-state index in [2.05, 4.69) is 10.4 Å². The van der Waals surface area contributed by atoms with Crippen molar-refractivity contribution in [2.24, 2.45) is 5.73 Å². The van der Waals surface area contributed by atoms with Crippen molar-refractivity contribution in [3.8, 4) is 0 Å². The van der Waals surface area contributed by atoms with Crippen molar-refractivity contribution in [3.63, 3.8) is 0 Å². The molecule has 5 nitrogen and oxygen atoms in total. The summed E-state index contributed by atoms with van der Waals surface area (Å²) in [6, 6.07) is 1.90. The lowest BCUT2D eigenvalue weighted by Gasteiger charge is -2.32. The zero-order valence-corrected chi connectivity index (χ0v) is 11.5. The zero-order chi connectivity index (χ0) is 13.6. The third kappa shape index (κ3) is 4.67. The fourth-order valence-corrected chi connectivity index (χ4v) is 2.72. The van der Waals surface area contributed by atoms with E-state index in [1.807, 2.05) is 16.9 Å². The van der Waals surface area contributed by atoms with Crippen molar-refractivity contribution < 1.29 is 4.79 Å². The molecule has 1 amide bonds. The molecule has 0 aliphatic heterocycles. The number of aryl methyl sites for hydroxylation is 1. The molecule has 0 spiro atoms. The predicted octanol–water partition coefficient (Wildman–Crippen LogP) is 1.44. The normalized spacial score (nSPS) is 18.2. The Morgan fingerprint density at radius 3 is 2.84 bits per heavy atom. The topological polar surface area (TPSA) is 72.9 Å². The van der Waals surface area contributed by atoms with Crippen LogP contribution in [0.3, 0.4) is 0 Å². The Labute approximate surface area is 114 Å². The van der Waals surface area contributed by atoms with Gasteiger partial charge in [0.25, 0.3) is 0 Å². The van der Waals surface area contributed by atoms with Gasteiger partial charge in [-0.05, 0) is 25.3 Å². The number of aromatic nitrogens is 2. The number of carbonyl (C=O) groups is 1.